The molecule has 3 rings (SSSR count). The average molecular weight is 318 g/mol. The highest BCUT2D eigenvalue weighted by molar-refractivity contribution is 5.85. The summed E-state index contributed by atoms with van der Waals surface area (Å²) < 4.78 is 0. The van der Waals surface area contributed by atoms with E-state index in [2.05, 4.69) is 9.98 Å². The molecule has 0 radical (unpaired) electrons. The first-order valence-corrected chi connectivity index (χ1v) is 7.77. The van der Waals surface area contributed by atoms with Crippen LogP contribution in [0.1, 0.15) is 11.1 Å². The molecule has 0 aliphatic carbocycles. The van der Waals surface area contributed by atoms with Gasteiger partial charge in [-0.3, -0.25) is 4.99 Å². The summed E-state index contributed by atoms with van der Waals surface area (Å²) >= 11 is 0. The second-order valence-electron chi connectivity index (χ2n) is 5.49. The first-order valence-electron chi connectivity index (χ1n) is 7.77. The molecule has 120 valence electrons. The van der Waals surface area contributed by atoms with Crippen molar-refractivity contribution in [2.24, 2.45) is 4.99 Å². The fourth-order valence-corrected chi connectivity index (χ4v) is 2.58. The van der Waals surface area contributed by atoms with Gasteiger partial charge in [-0.15, -0.1) is 0 Å². The number of carbonyl (C=O) groups is 1. The molecule has 2 N–H and O–H groups in total. The van der Waals surface area contributed by atoms with Crippen molar-refractivity contribution in [2.45, 2.75) is 12.5 Å². The zero-order valence-corrected chi connectivity index (χ0v) is 13.1. The number of benzene rings is 2. The molecule has 0 aliphatic heterocycles. The molecule has 3 aromatic rings. The lowest BCUT2D eigenvalue weighted by molar-refractivity contribution is -0.138. The van der Waals surface area contributed by atoms with Crippen LogP contribution in [0.15, 0.2) is 71.9 Å². The molecule has 0 aliphatic rings. The van der Waals surface area contributed by atoms with E-state index in [-0.39, 0.29) is 0 Å². The maximum atomic E-state index is 11.5. The molecule has 1 atom stereocenters. The van der Waals surface area contributed by atoms with Gasteiger partial charge in [-0.2, -0.15) is 0 Å². The lowest BCUT2D eigenvalue weighted by atomic mass is 10.1. The summed E-state index contributed by atoms with van der Waals surface area (Å²) in [5, 5.41) is 10.5. The Labute approximate surface area is 140 Å². The van der Waals surface area contributed by atoms with Gasteiger partial charge in [0, 0.05) is 29.7 Å². The topological polar surface area (TPSA) is 65.4 Å². The first-order chi connectivity index (χ1) is 11.7. The predicted molar refractivity (Wildman–Crippen MR) is 97.4 cm³/mol. The van der Waals surface area contributed by atoms with Crippen LogP contribution in [-0.4, -0.2) is 28.3 Å². The van der Waals surface area contributed by atoms with E-state index < -0.39 is 12.0 Å². The number of para-hydroxylation sites is 1. The van der Waals surface area contributed by atoms with Crippen LogP contribution in [0.5, 0.6) is 0 Å². The third-order valence-electron chi connectivity index (χ3n) is 3.81. The minimum Gasteiger partial charge on any atom is -0.480 e. The van der Waals surface area contributed by atoms with Crippen LogP contribution in [0, 0.1) is 0 Å². The van der Waals surface area contributed by atoms with Crippen LogP contribution in [0.3, 0.4) is 0 Å². The Morgan fingerprint density at radius 2 is 1.88 bits per heavy atom. The molecule has 0 saturated heterocycles. The summed E-state index contributed by atoms with van der Waals surface area (Å²) in [5.74, 6) is -0.926. The van der Waals surface area contributed by atoms with E-state index in [1.54, 1.807) is 12.3 Å². The van der Waals surface area contributed by atoms with Gasteiger partial charge in [0.15, 0.2) is 6.04 Å². The molecule has 0 spiro atoms. The molecule has 0 amide bonds. The molecule has 1 unspecified atom stereocenters. The monoisotopic (exact) mass is 318 g/mol. The van der Waals surface area contributed by atoms with Gasteiger partial charge >= 0.3 is 5.97 Å². The largest absolute Gasteiger partial charge is 0.480 e. The molecule has 24 heavy (non-hydrogen) atoms. The summed E-state index contributed by atoms with van der Waals surface area (Å²) in [5.41, 5.74) is 3.01. The SMILES string of the molecule is O=C(O)C(Cc1c[nH]c2ccccc12)N=C/C=C/c1ccccc1. The van der Waals surface area contributed by atoms with Gasteiger partial charge in [0.1, 0.15) is 0 Å². The second kappa shape index (κ2) is 7.42. The number of allylic oxidation sites excluding steroid dienone is 1. The van der Waals surface area contributed by atoms with E-state index in [0.717, 1.165) is 22.0 Å². The molecular formula is C20H18N2O2. The van der Waals surface area contributed by atoms with Gasteiger partial charge < -0.3 is 10.1 Å². The van der Waals surface area contributed by atoms with Crippen molar-refractivity contribution in [1.82, 2.24) is 4.98 Å². The highest BCUT2D eigenvalue weighted by Crippen LogP contribution is 2.19. The number of aliphatic carboxylic acids is 1. The Kier molecular flexibility index (Phi) is 4.87. The Morgan fingerprint density at radius 1 is 1.12 bits per heavy atom. The van der Waals surface area contributed by atoms with Crippen LogP contribution >= 0.6 is 0 Å². The molecule has 0 bridgehead atoms. The predicted octanol–water partition coefficient (Wildman–Crippen LogP) is 3.95. The standard InChI is InChI=1S/C20H18N2O2/c23-20(24)19(21-12-6-9-15-7-2-1-3-8-15)13-16-14-22-18-11-5-4-10-17(16)18/h1-12,14,19,22H,13H2,(H,23,24)/b9-6+,21-12?. The van der Waals surface area contributed by atoms with Crippen LogP contribution in [0.4, 0.5) is 0 Å². The highest BCUT2D eigenvalue weighted by atomic mass is 16.4. The number of nitrogens with zero attached hydrogens (tertiary/aromatic N) is 1. The number of aromatic nitrogens is 1. The molecule has 1 aromatic heterocycles. The normalized spacial score (nSPS) is 13.0. The van der Waals surface area contributed by atoms with E-state index >= 15 is 0 Å². The summed E-state index contributed by atoms with van der Waals surface area (Å²) in [7, 11) is 0. The van der Waals surface area contributed by atoms with Gasteiger partial charge in [0.2, 0.25) is 0 Å². The summed E-state index contributed by atoms with van der Waals surface area (Å²) in [6.07, 6.45) is 7.43. The van der Waals surface area contributed by atoms with Crippen molar-refractivity contribution in [3.05, 3.63) is 78.0 Å². The number of carboxylic acids is 1. The zero-order chi connectivity index (χ0) is 16.8. The quantitative estimate of drug-likeness (QED) is 0.676. The van der Waals surface area contributed by atoms with Crippen molar-refractivity contribution in [2.75, 3.05) is 0 Å². The lowest BCUT2D eigenvalue weighted by Crippen LogP contribution is -2.20. The summed E-state index contributed by atoms with van der Waals surface area (Å²) in [4.78, 5) is 18.8. The van der Waals surface area contributed by atoms with Gasteiger partial charge in [-0.25, -0.2) is 4.79 Å². The first kappa shape index (κ1) is 15.7. The number of fused-ring (bicyclic) bond motifs is 1. The minimum absolute atomic E-state index is 0.356. The number of rotatable bonds is 6. The number of carboxylic acid groups (broad SMARTS) is 1. The van der Waals surface area contributed by atoms with E-state index in [1.807, 2.05) is 66.9 Å². The van der Waals surface area contributed by atoms with E-state index in [1.165, 1.54) is 0 Å². The Hall–Kier alpha value is -3.14. The third kappa shape index (κ3) is 3.79. The van der Waals surface area contributed by atoms with Gasteiger partial charge in [-0.05, 0) is 23.3 Å². The Bertz CT molecular complexity index is 879. The number of nitrogens with one attached hydrogen (secondary N) is 1. The average Bonchev–Trinajstić information content (AvgIpc) is 3.01. The Morgan fingerprint density at radius 3 is 2.67 bits per heavy atom. The molecule has 4 heteroatoms. The number of hydrogen-bond donors (Lipinski definition) is 2. The van der Waals surface area contributed by atoms with Crippen LogP contribution < -0.4 is 0 Å². The van der Waals surface area contributed by atoms with Crippen LogP contribution in [0.25, 0.3) is 17.0 Å². The number of aromatic amines is 1. The number of hydrogen-bond acceptors (Lipinski definition) is 2. The van der Waals surface area contributed by atoms with Crippen molar-refractivity contribution >= 4 is 29.2 Å². The third-order valence-corrected chi connectivity index (χ3v) is 3.81. The molecule has 0 saturated carbocycles. The van der Waals surface area contributed by atoms with Crippen molar-refractivity contribution in [3.63, 3.8) is 0 Å². The number of H-pyrrole nitrogens is 1. The zero-order valence-electron chi connectivity index (χ0n) is 13.1. The molecule has 1 heterocycles. The molecule has 4 nitrogen and oxygen atoms in total. The fraction of sp³-hybridized carbons (Fsp3) is 0.100. The maximum Gasteiger partial charge on any atom is 0.328 e. The van der Waals surface area contributed by atoms with Gasteiger partial charge in [-0.1, -0.05) is 54.6 Å². The smallest absolute Gasteiger partial charge is 0.328 e. The van der Waals surface area contributed by atoms with Crippen LogP contribution in [-0.2, 0) is 11.2 Å². The molecule has 0 fully saturated rings. The lowest BCUT2D eigenvalue weighted by Gasteiger charge is -2.06. The highest BCUT2D eigenvalue weighted by Gasteiger charge is 2.17. The van der Waals surface area contributed by atoms with Crippen molar-refractivity contribution in [1.29, 1.82) is 0 Å². The minimum atomic E-state index is -0.926. The second-order valence-corrected chi connectivity index (χ2v) is 5.49. The van der Waals surface area contributed by atoms with Crippen molar-refractivity contribution < 1.29 is 9.90 Å². The fourth-order valence-electron chi connectivity index (χ4n) is 2.58. The van der Waals surface area contributed by atoms with E-state index in [9.17, 15) is 9.90 Å². The van der Waals surface area contributed by atoms with Crippen LogP contribution in [0.2, 0.25) is 0 Å². The Balaban J connectivity index is 1.72. The summed E-state index contributed by atoms with van der Waals surface area (Å²) in [6.45, 7) is 0. The van der Waals surface area contributed by atoms with Gasteiger partial charge in [0.05, 0.1) is 0 Å². The van der Waals surface area contributed by atoms with Crippen molar-refractivity contribution in [3.8, 4) is 0 Å². The van der Waals surface area contributed by atoms with E-state index in [4.69, 9.17) is 0 Å². The molecular weight excluding hydrogens is 300 g/mol. The summed E-state index contributed by atoms with van der Waals surface area (Å²) in [6, 6.07) is 16.9. The van der Waals surface area contributed by atoms with E-state index in [0.29, 0.717) is 6.42 Å². The number of aliphatic imine (C=N–C) groups is 1. The molecule has 2 aromatic carbocycles. The maximum absolute atomic E-state index is 11.5. The van der Waals surface area contributed by atoms with Gasteiger partial charge in [0.25, 0.3) is 0 Å².